The zero-order chi connectivity index (χ0) is 26.8. The molecule has 0 saturated heterocycles. The number of methoxy groups -OCH3 is 1. The lowest BCUT2D eigenvalue weighted by Gasteiger charge is -2.21. The molecule has 0 N–H and O–H groups in total. The molecule has 0 fully saturated rings. The van der Waals surface area contributed by atoms with Crippen molar-refractivity contribution in [3.8, 4) is 11.5 Å². The second kappa shape index (κ2) is 11.1. The first kappa shape index (κ1) is 26.2. The monoisotopic (exact) mass is 556 g/mol. The number of thioether (sulfide) groups is 1. The third-order valence-electron chi connectivity index (χ3n) is 6.08. The van der Waals surface area contributed by atoms with E-state index in [0.29, 0.717) is 54.2 Å². The van der Waals surface area contributed by atoms with Crippen molar-refractivity contribution < 1.29 is 28.1 Å². The van der Waals surface area contributed by atoms with Crippen LogP contribution >= 0.6 is 23.1 Å². The van der Waals surface area contributed by atoms with Crippen molar-refractivity contribution in [3.63, 3.8) is 0 Å². The fourth-order valence-electron chi connectivity index (χ4n) is 4.26. The van der Waals surface area contributed by atoms with Crippen LogP contribution in [0.2, 0.25) is 0 Å². The number of hydrogen-bond acceptors (Lipinski definition) is 9. The number of rotatable bonds is 8. The van der Waals surface area contributed by atoms with E-state index in [2.05, 4.69) is 0 Å². The Labute approximate surface area is 226 Å². The van der Waals surface area contributed by atoms with Gasteiger partial charge in [-0.25, -0.2) is 14.2 Å². The van der Waals surface area contributed by atoms with Gasteiger partial charge in [0.15, 0.2) is 11.9 Å². The molecule has 3 heterocycles. The molecule has 11 heteroatoms. The third-order valence-corrected chi connectivity index (χ3v) is 8.28. The minimum Gasteiger partial charge on any atom is -0.497 e. The van der Waals surface area contributed by atoms with E-state index in [1.54, 1.807) is 25.5 Å². The van der Waals surface area contributed by atoms with E-state index < -0.39 is 5.97 Å². The molecule has 0 amide bonds. The quantitative estimate of drug-likeness (QED) is 0.164. The molecule has 4 aromatic rings. The van der Waals surface area contributed by atoms with Gasteiger partial charge in [-0.15, -0.1) is 11.3 Å². The highest BCUT2D eigenvalue weighted by atomic mass is 32.2. The predicted molar refractivity (Wildman–Crippen MR) is 143 cm³/mol. The Kier molecular flexibility index (Phi) is 7.68. The van der Waals surface area contributed by atoms with Crippen LogP contribution in [0.1, 0.15) is 38.8 Å². The fourth-order valence-corrected chi connectivity index (χ4v) is 6.34. The number of hydrogen-bond donors (Lipinski definition) is 0. The van der Waals surface area contributed by atoms with Gasteiger partial charge >= 0.3 is 5.97 Å². The summed E-state index contributed by atoms with van der Waals surface area (Å²) in [7, 11) is 1.59. The lowest BCUT2D eigenvalue weighted by Crippen LogP contribution is -2.24. The Morgan fingerprint density at radius 2 is 2.05 bits per heavy atom. The molecule has 38 heavy (non-hydrogen) atoms. The topological polar surface area (TPSA) is 88.9 Å². The van der Waals surface area contributed by atoms with Crippen molar-refractivity contribution >= 4 is 39.3 Å². The molecule has 2 aromatic carbocycles. The van der Waals surface area contributed by atoms with Crippen molar-refractivity contribution in [1.29, 1.82) is 0 Å². The summed E-state index contributed by atoms with van der Waals surface area (Å²) in [4.78, 5) is 32.0. The molecule has 2 aromatic heterocycles. The minimum atomic E-state index is -0.478. The summed E-state index contributed by atoms with van der Waals surface area (Å²) in [5, 5.41) is 0.833. The van der Waals surface area contributed by atoms with Gasteiger partial charge in [-0.1, -0.05) is 23.9 Å². The minimum absolute atomic E-state index is 0.0911. The van der Waals surface area contributed by atoms with Gasteiger partial charge in [-0.3, -0.25) is 9.36 Å². The van der Waals surface area contributed by atoms with Crippen LogP contribution in [-0.2, 0) is 28.4 Å². The molecule has 0 bridgehead atoms. The molecular formula is C27H25FN2O6S2. The third kappa shape index (κ3) is 5.13. The normalized spacial score (nSPS) is 12.7. The van der Waals surface area contributed by atoms with Crippen molar-refractivity contribution in [1.82, 2.24) is 9.55 Å². The van der Waals surface area contributed by atoms with Gasteiger partial charge < -0.3 is 18.9 Å². The maximum Gasteiger partial charge on any atom is 0.348 e. The van der Waals surface area contributed by atoms with Crippen LogP contribution in [0.15, 0.2) is 46.3 Å². The Morgan fingerprint density at radius 1 is 1.26 bits per heavy atom. The molecule has 0 spiro atoms. The summed E-state index contributed by atoms with van der Waals surface area (Å²) in [6.45, 7) is 4.31. The number of fused-ring (bicyclic) bond motifs is 2. The van der Waals surface area contributed by atoms with Crippen LogP contribution in [0, 0.1) is 12.7 Å². The first-order valence-electron chi connectivity index (χ1n) is 11.9. The molecule has 5 rings (SSSR count). The van der Waals surface area contributed by atoms with E-state index in [0.717, 1.165) is 16.9 Å². The maximum atomic E-state index is 14.3. The summed E-state index contributed by atoms with van der Waals surface area (Å²) in [6.07, 6.45) is 0. The largest absolute Gasteiger partial charge is 0.497 e. The molecule has 1 aliphatic heterocycles. The standard InChI is InChI=1S/C27H25FN2O6S2/c1-4-35-26(32)23-15(2)21-24(38-23)29-27(30(25(21)31)11-16-5-7-20(33-3)8-6-16)37-13-18-10-19(28)9-17-12-34-14-36-22(17)18/h5-10H,4,11-14H2,1-3H3. The predicted octanol–water partition coefficient (Wildman–Crippen LogP) is 5.30. The van der Waals surface area contributed by atoms with E-state index in [9.17, 15) is 14.0 Å². The lowest BCUT2D eigenvalue weighted by atomic mass is 10.1. The molecule has 8 nitrogen and oxygen atoms in total. The molecule has 0 saturated carbocycles. The molecule has 0 radical (unpaired) electrons. The number of aromatic nitrogens is 2. The summed E-state index contributed by atoms with van der Waals surface area (Å²) >= 11 is 2.44. The highest BCUT2D eigenvalue weighted by Crippen LogP contribution is 2.35. The lowest BCUT2D eigenvalue weighted by molar-refractivity contribution is -0.0171. The van der Waals surface area contributed by atoms with Crippen molar-refractivity contribution in [2.75, 3.05) is 20.5 Å². The molecule has 1 aliphatic rings. The van der Waals surface area contributed by atoms with Crippen LogP contribution < -0.4 is 15.0 Å². The van der Waals surface area contributed by atoms with Gasteiger partial charge in [0, 0.05) is 16.9 Å². The van der Waals surface area contributed by atoms with Gasteiger partial charge in [0.25, 0.3) is 5.56 Å². The Balaban J connectivity index is 1.58. The first-order valence-corrected chi connectivity index (χ1v) is 13.7. The summed E-state index contributed by atoms with van der Waals surface area (Å²) in [5.74, 6) is 0.744. The van der Waals surface area contributed by atoms with Crippen LogP contribution in [0.5, 0.6) is 11.5 Å². The number of thiophene rings is 1. The van der Waals surface area contributed by atoms with E-state index in [-0.39, 0.29) is 37.9 Å². The maximum absolute atomic E-state index is 14.3. The van der Waals surface area contributed by atoms with Crippen LogP contribution in [0.25, 0.3) is 10.2 Å². The fraction of sp³-hybridized carbons (Fsp3) is 0.296. The molecule has 198 valence electrons. The zero-order valence-electron chi connectivity index (χ0n) is 21.0. The highest BCUT2D eigenvalue weighted by Gasteiger charge is 2.24. The molecule has 0 aliphatic carbocycles. The van der Waals surface area contributed by atoms with E-state index in [1.165, 1.54) is 23.9 Å². The number of ether oxygens (including phenoxy) is 4. The van der Waals surface area contributed by atoms with Gasteiger partial charge in [-0.05, 0) is 49.2 Å². The van der Waals surface area contributed by atoms with Gasteiger partial charge in [0.05, 0.1) is 32.3 Å². The number of carbonyl (C=O) groups excluding carboxylic acids is 1. The van der Waals surface area contributed by atoms with Crippen molar-refractivity contribution in [3.05, 3.63) is 79.7 Å². The van der Waals surface area contributed by atoms with Crippen LogP contribution in [0.4, 0.5) is 4.39 Å². The smallest absolute Gasteiger partial charge is 0.348 e. The summed E-state index contributed by atoms with van der Waals surface area (Å²) in [5.41, 5.74) is 2.45. The Morgan fingerprint density at radius 3 is 2.79 bits per heavy atom. The van der Waals surface area contributed by atoms with Crippen molar-refractivity contribution in [2.24, 2.45) is 0 Å². The molecule has 0 unspecified atom stereocenters. The number of benzene rings is 2. The summed E-state index contributed by atoms with van der Waals surface area (Å²) in [6, 6.07) is 10.2. The van der Waals surface area contributed by atoms with E-state index >= 15 is 0 Å². The molecule has 0 atom stereocenters. The van der Waals surface area contributed by atoms with E-state index in [1.807, 2.05) is 24.3 Å². The van der Waals surface area contributed by atoms with Crippen LogP contribution in [-0.4, -0.2) is 36.0 Å². The molecular weight excluding hydrogens is 531 g/mol. The van der Waals surface area contributed by atoms with Gasteiger partial charge in [-0.2, -0.15) is 0 Å². The van der Waals surface area contributed by atoms with Gasteiger partial charge in [0.2, 0.25) is 0 Å². The second-order valence-electron chi connectivity index (χ2n) is 8.54. The first-order chi connectivity index (χ1) is 18.4. The van der Waals surface area contributed by atoms with Gasteiger partial charge in [0.1, 0.15) is 27.0 Å². The number of esters is 1. The zero-order valence-corrected chi connectivity index (χ0v) is 22.7. The average molecular weight is 557 g/mol. The average Bonchev–Trinajstić information content (AvgIpc) is 3.25. The van der Waals surface area contributed by atoms with Crippen LogP contribution in [0.3, 0.4) is 0 Å². The SMILES string of the molecule is CCOC(=O)c1sc2nc(SCc3cc(F)cc4c3OCOC4)n(Cc3ccc(OC)cc3)c(=O)c2c1C. The number of carbonyl (C=O) groups is 1. The van der Waals surface area contributed by atoms with E-state index in [4.69, 9.17) is 23.9 Å². The summed E-state index contributed by atoms with van der Waals surface area (Å²) < 4.78 is 37.3. The van der Waals surface area contributed by atoms with Crippen molar-refractivity contribution in [2.45, 2.75) is 37.9 Å². The Hall–Kier alpha value is -3.41. The number of halogens is 1. The number of nitrogens with zero attached hydrogens (tertiary/aromatic N) is 2. The second-order valence-corrected chi connectivity index (χ2v) is 10.5. The Bertz CT molecular complexity index is 1570. The number of aryl methyl sites for hydroxylation is 1. The highest BCUT2D eigenvalue weighted by molar-refractivity contribution is 7.98.